The maximum Gasteiger partial charge on any atom is 0.145 e. The van der Waals surface area contributed by atoms with Crippen molar-refractivity contribution in [3.8, 4) is 5.75 Å². The van der Waals surface area contributed by atoms with Crippen LogP contribution in [-0.2, 0) is 0 Å². The topological polar surface area (TPSA) is 25.0 Å². The van der Waals surface area contributed by atoms with Gasteiger partial charge in [-0.1, -0.05) is 11.6 Å². The SMILES string of the molecule is COc1cc(F)cc2c(Cl)c[nH]c12. The molecule has 0 amide bonds. The third kappa shape index (κ3) is 1.25. The molecule has 0 aliphatic heterocycles. The largest absolute Gasteiger partial charge is 0.494 e. The Morgan fingerprint density at radius 1 is 1.46 bits per heavy atom. The lowest BCUT2D eigenvalue weighted by Crippen LogP contribution is -1.85. The fourth-order valence-corrected chi connectivity index (χ4v) is 1.50. The maximum absolute atomic E-state index is 13.0. The zero-order valence-corrected chi connectivity index (χ0v) is 7.65. The predicted molar refractivity (Wildman–Crippen MR) is 49.8 cm³/mol. The van der Waals surface area contributed by atoms with Gasteiger partial charge in [-0.25, -0.2) is 4.39 Å². The molecule has 0 aliphatic carbocycles. The quantitative estimate of drug-likeness (QED) is 0.751. The summed E-state index contributed by atoms with van der Waals surface area (Å²) in [4.78, 5) is 2.91. The Morgan fingerprint density at radius 3 is 2.92 bits per heavy atom. The van der Waals surface area contributed by atoms with E-state index < -0.39 is 0 Å². The van der Waals surface area contributed by atoms with Gasteiger partial charge in [-0.05, 0) is 6.07 Å². The van der Waals surface area contributed by atoms with Gasteiger partial charge in [0.1, 0.15) is 11.6 Å². The number of hydrogen-bond acceptors (Lipinski definition) is 1. The summed E-state index contributed by atoms with van der Waals surface area (Å²) in [6, 6.07) is 2.69. The van der Waals surface area contributed by atoms with Crippen molar-refractivity contribution in [2.75, 3.05) is 7.11 Å². The molecule has 0 saturated carbocycles. The Hall–Kier alpha value is -1.22. The molecule has 0 spiro atoms. The average molecular weight is 200 g/mol. The van der Waals surface area contributed by atoms with Gasteiger partial charge in [0, 0.05) is 17.6 Å². The van der Waals surface area contributed by atoms with Crippen molar-refractivity contribution in [1.29, 1.82) is 0 Å². The molecule has 1 aromatic carbocycles. The second kappa shape index (κ2) is 2.92. The zero-order valence-electron chi connectivity index (χ0n) is 6.90. The summed E-state index contributed by atoms with van der Waals surface area (Å²) in [5.74, 6) is 0.104. The number of rotatable bonds is 1. The van der Waals surface area contributed by atoms with E-state index in [-0.39, 0.29) is 5.82 Å². The van der Waals surface area contributed by atoms with Gasteiger partial charge in [0.2, 0.25) is 0 Å². The van der Waals surface area contributed by atoms with E-state index in [4.69, 9.17) is 16.3 Å². The minimum absolute atomic E-state index is 0.356. The lowest BCUT2D eigenvalue weighted by molar-refractivity contribution is 0.416. The minimum atomic E-state index is -0.356. The highest BCUT2D eigenvalue weighted by atomic mass is 35.5. The molecule has 13 heavy (non-hydrogen) atoms. The smallest absolute Gasteiger partial charge is 0.145 e. The Morgan fingerprint density at radius 2 is 2.23 bits per heavy atom. The molecular formula is C9H7ClFNO. The molecule has 0 atom stereocenters. The fourth-order valence-electron chi connectivity index (χ4n) is 1.29. The Kier molecular flexibility index (Phi) is 1.88. The Balaban J connectivity index is 2.84. The number of aromatic amines is 1. The van der Waals surface area contributed by atoms with E-state index in [9.17, 15) is 4.39 Å². The highest BCUT2D eigenvalue weighted by Crippen LogP contribution is 2.30. The van der Waals surface area contributed by atoms with E-state index in [0.29, 0.717) is 21.7 Å². The van der Waals surface area contributed by atoms with Gasteiger partial charge in [-0.2, -0.15) is 0 Å². The standard InChI is InChI=1S/C9H7ClFNO/c1-13-8-3-5(11)2-6-7(10)4-12-9(6)8/h2-4,12H,1H3. The van der Waals surface area contributed by atoms with Crippen LogP contribution in [0.25, 0.3) is 10.9 Å². The first-order valence-electron chi connectivity index (χ1n) is 3.72. The molecule has 0 radical (unpaired) electrons. The normalized spacial score (nSPS) is 10.7. The third-order valence-electron chi connectivity index (χ3n) is 1.89. The van der Waals surface area contributed by atoms with E-state index in [0.717, 1.165) is 0 Å². The van der Waals surface area contributed by atoms with Crippen LogP contribution in [0.3, 0.4) is 0 Å². The van der Waals surface area contributed by atoms with Crippen LogP contribution in [0.5, 0.6) is 5.75 Å². The zero-order chi connectivity index (χ0) is 9.42. The molecule has 0 aliphatic rings. The predicted octanol–water partition coefficient (Wildman–Crippen LogP) is 2.97. The minimum Gasteiger partial charge on any atom is -0.494 e. The van der Waals surface area contributed by atoms with Gasteiger partial charge in [-0.15, -0.1) is 0 Å². The number of hydrogen-bond donors (Lipinski definition) is 1. The first-order valence-corrected chi connectivity index (χ1v) is 4.10. The molecule has 2 rings (SSSR count). The van der Waals surface area contributed by atoms with Gasteiger partial charge in [0.05, 0.1) is 17.6 Å². The van der Waals surface area contributed by atoms with E-state index >= 15 is 0 Å². The first-order chi connectivity index (χ1) is 6.22. The molecule has 2 nitrogen and oxygen atoms in total. The number of benzene rings is 1. The number of H-pyrrole nitrogens is 1. The lowest BCUT2D eigenvalue weighted by Gasteiger charge is -2.01. The Bertz CT molecular complexity index is 452. The number of nitrogens with one attached hydrogen (secondary N) is 1. The summed E-state index contributed by atoms with van der Waals surface area (Å²) >= 11 is 5.82. The summed E-state index contributed by atoms with van der Waals surface area (Å²) < 4.78 is 18.0. The van der Waals surface area contributed by atoms with E-state index in [1.165, 1.54) is 19.2 Å². The van der Waals surface area contributed by atoms with Gasteiger partial charge in [0.25, 0.3) is 0 Å². The third-order valence-corrected chi connectivity index (χ3v) is 2.20. The van der Waals surface area contributed by atoms with Crippen molar-refractivity contribution < 1.29 is 9.13 Å². The summed E-state index contributed by atoms with van der Waals surface area (Å²) in [6.07, 6.45) is 1.61. The molecule has 1 aromatic heterocycles. The van der Waals surface area contributed by atoms with Gasteiger partial charge in [-0.3, -0.25) is 0 Å². The lowest BCUT2D eigenvalue weighted by atomic mass is 10.2. The van der Waals surface area contributed by atoms with E-state index in [1.54, 1.807) is 6.20 Å². The van der Waals surface area contributed by atoms with Crippen molar-refractivity contribution in [1.82, 2.24) is 4.98 Å². The van der Waals surface area contributed by atoms with Crippen LogP contribution >= 0.6 is 11.6 Å². The van der Waals surface area contributed by atoms with Crippen LogP contribution in [0.2, 0.25) is 5.02 Å². The molecule has 0 saturated heterocycles. The van der Waals surface area contributed by atoms with E-state index in [2.05, 4.69) is 4.98 Å². The monoisotopic (exact) mass is 199 g/mol. The second-order valence-electron chi connectivity index (χ2n) is 2.67. The maximum atomic E-state index is 13.0. The molecule has 1 N–H and O–H groups in total. The van der Waals surface area contributed by atoms with Crippen molar-refractivity contribution in [2.24, 2.45) is 0 Å². The summed E-state index contributed by atoms with van der Waals surface area (Å²) in [5, 5.41) is 1.13. The van der Waals surface area contributed by atoms with Crippen molar-refractivity contribution in [2.45, 2.75) is 0 Å². The molecule has 2 aromatic rings. The van der Waals surface area contributed by atoms with Crippen LogP contribution in [-0.4, -0.2) is 12.1 Å². The molecule has 1 heterocycles. The second-order valence-corrected chi connectivity index (χ2v) is 3.07. The van der Waals surface area contributed by atoms with E-state index in [1.807, 2.05) is 0 Å². The van der Waals surface area contributed by atoms with Crippen LogP contribution in [0, 0.1) is 5.82 Å². The van der Waals surface area contributed by atoms with Crippen molar-refractivity contribution >= 4 is 22.5 Å². The summed E-state index contributed by atoms with van der Waals surface area (Å²) in [7, 11) is 1.49. The molecule has 0 fully saturated rings. The average Bonchev–Trinajstić information content (AvgIpc) is 2.47. The highest BCUT2D eigenvalue weighted by Gasteiger charge is 2.08. The molecular weight excluding hydrogens is 193 g/mol. The highest BCUT2D eigenvalue weighted by molar-refractivity contribution is 6.35. The number of methoxy groups -OCH3 is 1. The van der Waals surface area contributed by atoms with Gasteiger partial charge < -0.3 is 9.72 Å². The van der Waals surface area contributed by atoms with Gasteiger partial charge >= 0.3 is 0 Å². The first kappa shape index (κ1) is 8.38. The fraction of sp³-hybridized carbons (Fsp3) is 0.111. The van der Waals surface area contributed by atoms with Crippen molar-refractivity contribution in [3.63, 3.8) is 0 Å². The summed E-state index contributed by atoms with van der Waals surface area (Å²) in [5.41, 5.74) is 0.717. The van der Waals surface area contributed by atoms with Crippen LogP contribution in [0.4, 0.5) is 4.39 Å². The number of ether oxygens (including phenoxy) is 1. The summed E-state index contributed by atoms with van der Waals surface area (Å²) in [6.45, 7) is 0. The molecule has 0 bridgehead atoms. The number of aromatic nitrogens is 1. The molecule has 0 unspecified atom stereocenters. The number of fused-ring (bicyclic) bond motifs is 1. The van der Waals surface area contributed by atoms with Crippen LogP contribution in [0.15, 0.2) is 18.3 Å². The number of halogens is 2. The molecule has 68 valence electrons. The molecule has 4 heteroatoms. The van der Waals surface area contributed by atoms with Gasteiger partial charge in [0.15, 0.2) is 0 Å². The Labute approximate surface area is 79.3 Å². The van der Waals surface area contributed by atoms with Crippen LogP contribution in [0.1, 0.15) is 0 Å². The van der Waals surface area contributed by atoms with Crippen LogP contribution < -0.4 is 4.74 Å². The van der Waals surface area contributed by atoms with Crippen molar-refractivity contribution in [3.05, 3.63) is 29.2 Å².